The fourth-order valence-electron chi connectivity index (χ4n) is 2.78. The third-order valence-electron chi connectivity index (χ3n) is 4.05. The Balaban J connectivity index is 1.62. The zero-order valence-corrected chi connectivity index (χ0v) is 13.8. The van der Waals surface area contributed by atoms with Gasteiger partial charge in [0.2, 0.25) is 0 Å². The molecule has 0 amide bonds. The Morgan fingerprint density at radius 3 is 3.00 bits per heavy atom. The second-order valence-corrected chi connectivity index (χ2v) is 6.51. The van der Waals surface area contributed by atoms with E-state index < -0.39 is 0 Å². The van der Waals surface area contributed by atoms with Crippen molar-refractivity contribution >= 4 is 15.9 Å². The highest BCUT2D eigenvalue weighted by Crippen LogP contribution is 2.17. The molecule has 1 fully saturated rings. The van der Waals surface area contributed by atoms with Crippen LogP contribution in [0.2, 0.25) is 0 Å². The third kappa shape index (κ3) is 4.83. The van der Waals surface area contributed by atoms with Gasteiger partial charge in [-0.3, -0.25) is 0 Å². The Morgan fingerprint density at radius 1 is 1.40 bits per heavy atom. The smallest absolute Gasteiger partial charge is 0.137 e. The van der Waals surface area contributed by atoms with E-state index in [4.69, 9.17) is 0 Å². The lowest BCUT2D eigenvalue weighted by Gasteiger charge is -2.33. The number of benzene rings is 1. The highest BCUT2D eigenvalue weighted by molar-refractivity contribution is 9.10. The van der Waals surface area contributed by atoms with Gasteiger partial charge >= 0.3 is 0 Å². The molecule has 1 heterocycles. The van der Waals surface area contributed by atoms with Crippen LogP contribution in [-0.4, -0.2) is 30.6 Å². The van der Waals surface area contributed by atoms with Gasteiger partial charge in [0.1, 0.15) is 5.82 Å². The molecule has 20 heavy (non-hydrogen) atoms. The molecule has 1 unspecified atom stereocenters. The van der Waals surface area contributed by atoms with Gasteiger partial charge in [0.25, 0.3) is 0 Å². The summed E-state index contributed by atoms with van der Waals surface area (Å²) >= 11 is 3.17. The van der Waals surface area contributed by atoms with Gasteiger partial charge < -0.3 is 10.2 Å². The Bertz CT molecular complexity index is 425. The van der Waals surface area contributed by atoms with Gasteiger partial charge in [-0.2, -0.15) is 0 Å². The van der Waals surface area contributed by atoms with Crippen molar-refractivity contribution in [2.24, 2.45) is 0 Å². The average Bonchev–Trinajstić information content (AvgIpc) is 2.44. The van der Waals surface area contributed by atoms with E-state index in [1.165, 1.54) is 32.4 Å². The van der Waals surface area contributed by atoms with Gasteiger partial charge in [-0.1, -0.05) is 12.5 Å². The minimum atomic E-state index is -0.188. The van der Waals surface area contributed by atoms with Crippen LogP contribution in [0, 0.1) is 5.82 Å². The zero-order valence-electron chi connectivity index (χ0n) is 12.2. The molecule has 2 nitrogen and oxygen atoms in total. The quantitative estimate of drug-likeness (QED) is 0.787. The van der Waals surface area contributed by atoms with E-state index in [1.807, 2.05) is 6.07 Å². The van der Waals surface area contributed by atoms with Crippen molar-refractivity contribution in [3.8, 4) is 0 Å². The summed E-state index contributed by atoms with van der Waals surface area (Å²) in [5, 5.41) is 3.39. The van der Waals surface area contributed by atoms with Gasteiger partial charge in [-0.15, -0.1) is 0 Å². The molecular formula is C16H24BrFN2. The van der Waals surface area contributed by atoms with Crippen LogP contribution in [0.15, 0.2) is 22.7 Å². The van der Waals surface area contributed by atoms with E-state index in [-0.39, 0.29) is 5.82 Å². The topological polar surface area (TPSA) is 15.3 Å². The molecule has 2 rings (SSSR count). The van der Waals surface area contributed by atoms with Crippen LogP contribution in [0.4, 0.5) is 4.39 Å². The molecule has 0 radical (unpaired) electrons. The summed E-state index contributed by atoms with van der Waals surface area (Å²) in [7, 11) is 0. The van der Waals surface area contributed by atoms with Crippen LogP contribution in [0.1, 0.15) is 38.2 Å². The molecule has 0 spiro atoms. The Kier molecular flexibility index (Phi) is 6.46. The van der Waals surface area contributed by atoms with Crippen LogP contribution in [0.5, 0.6) is 0 Å². The lowest BCUT2D eigenvalue weighted by molar-refractivity contribution is 0.159. The van der Waals surface area contributed by atoms with E-state index >= 15 is 0 Å². The van der Waals surface area contributed by atoms with E-state index in [2.05, 4.69) is 33.1 Å². The maximum atomic E-state index is 13.4. The number of halogens is 2. The maximum absolute atomic E-state index is 13.4. The number of hydrogen-bond donors (Lipinski definition) is 1. The van der Waals surface area contributed by atoms with Crippen LogP contribution in [0.3, 0.4) is 0 Å². The SMILES string of the molecule is CC1CCCCN1CCCNCc1ccc(Br)c(F)c1. The highest BCUT2D eigenvalue weighted by Gasteiger charge is 2.16. The number of likely N-dealkylation sites (tertiary alicyclic amines) is 1. The molecule has 0 saturated carbocycles. The molecule has 1 N–H and O–H groups in total. The number of rotatable bonds is 6. The first-order valence-corrected chi connectivity index (χ1v) is 8.35. The second-order valence-electron chi connectivity index (χ2n) is 5.66. The molecule has 0 bridgehead atoms. The summed E-state index contributed by atoms with van der Waals surface area (Å²) in [5.41, 5.74) is 0.997. The fourth-order valence-corrected chi connectivity index (χ4v) is 3.03. The number of piperidine rings is 1. The zero-order chi connectivity index (χ0) is 14.4. The van der Waals surface area contributed by atoms with Crippen molar-refractivity contribution in [1.82, 2.24) is 10.2 Å². The Morgan fingerprint density at radius 2 is 2.25 bits per heavy atom. The standard InChI is InChI=1S/C16H24BrFN2/c1-13-5-2-3-9-20(13)10-4-8-19-12-14-6-7-15(17)16(18)11-14/h6-7,11,13,19H,2-5,8-10,12H2,1H3. The first-order valence-electron chi connectivity index (χ1n) is 7.55. The maximum Gasteiger partial charge on any atom is 0.137 e. The largest absolute Gasteiger partial charge is 0.313 e. The van der Waals surface area contributed by atoms with Crippen LogP contribution in [0.25, 0.3) is 0 Å². The summed E-state index contributed by atoms with van der Waals surface area (Å²) in [6.45, 7) is 6.47. The first-order chi connectivity index (χ1) is 9.66. The lowest BCUT2D eigenvalue weighted by Crippen LogP contribution is -2.38. The van der Waals surface area contributed by atoms with Crippen molar-refractivity contribution in [2.75, 3.05) is 19.6 Å². The fraction of sp³-hybridized carbons (Fsp3) is 0.625. The molecule has 1 aromatic carbocycles. The van der Waals surface area contributed by atoms with Crippen LogP contribution in [-0.2, 0) is 6.54 Å². The molecule has 0 aliphatic carbocycles. The van der Waals surface area contributed by atoms with Crippen molar-refractivity contribution in [3.05, 3.63) is 34.1 Å². The van der Waals surface area contributed by atoms with Gasteiger partial charge in [-0.25, -0.2) is 4.39 Å². The number of nitrogens with zero attached hydrogens (tertiary/aromatic N) is 1. The molecule has 1 aliphatic rings. The Labute approximate surface area is 129 Å². The minimum Gasteiger partial charge on any atom is -0.313 e. The van der Waals surface area contributed by atoms with E-state index in [1.54, 1.807) is 12.1 Å². The molecule has 0 aromatic heterocycles. The second kappa shape index (κ2) is 8.11. The lowest BCUT2D eigenvalue weighted by atomic mass is 10.0. The van der Waals surface area contributed by atoms with Crippen LogP contribution >= 0.6 is 15.9 Å². The molecular weight excluding hydrogens is 319 g/mol. The van der Waals surface area contributed by atoms with Gasteiger partial charge in [-0.05, 0) is 79.4 Å². The van der Waals surface area contributed by atoms with E-state index in [0.29, 0.717) is 4.47 Å². The van der Waals surface area contributed by atoms with Crippen molar-refractivity contribution < 1.29 is 4.39 Å². The van der Waals surface area contributed by atoms with Crippen molar-refractivity contribution in [3.63, 3.8) is 0 Å². The predicted octanol–water partition coefficient (Wildman–Crippen LogP) is 3.94. The summed E-state index contributed by atoms with van der Waals surface area (Å²) in [6, 6.07) is 6.04. The monoisotopic (exact) mass is 342 g/mol. The summed E-state index contributed by atoms with van der Waals surface area (Å²) in [4.78, 5) is 2.59. The predicted molar refractivity (Wildman–Crippen MR) is 85.3 cm³/mol. The first kappa shape index (κ1) is 15.9. The molecule has 1 atom stereocenters. The summed E-state index contributed by atoms with van der Waals surface area (Å²) in [5.74, 6) is -0.188. The number of nitrogens with one attached hydrogen (secondary N) is 1. The normalized spacial score (nSPS) is 20.2. The van der Waals surface area contributed by atoms with Gasteiger partial charge in [0.15, 0.2) is 0 Å². The van der Waals surface area contributed by atoms with E-state index in [9.17, 15) is 4.39 Å². The minimum absolute atomic E-state index is 0.188. The molecule has 1 aromatic rings. The van der Waals surface area contributed by atoms with Crippen molar-refractivity contribution in [2.45, 2.75) is 45.2 Å². The highest BCUT2D eigenvalue weighted by atomic mass is 79.9. The summed E-state index contributed by atoms with van der Waals surface area (Å²) < 4.78 is 13.9. The average molecular weight is 343 g/mol. The summed E-state index contributed by atoms with van der Waals surface area (Å²) in [6.07, 6.45) is 5.22. The molecule has 1 aliphatic heterocycles. The number of hydrogen-bond acceptors (Lipinski definition) is 2. The van der Waals surface area contributed by atoms with Gasteiger partial charge in [0.05, 0.1) is 4.47 Å². The molecule has 1 saturated heterocycles. The van der Waals surface area contributed by atoms with Gasteiger partial charge in [0, 0.05) is 12.6 Å². The van der Waals surface area contributed by atoms with Crippen LogP contribution < -0.4 is 5.32 Å². The third-order valence-corrected chi connectivity index (χ3v) is 4.70. The molecule has 112 valence electrons. The van der Waals surface area contributed by atoms with Crippen molar-refractivity contribution in [1.29, 1.82) is 0 Å². The Hall–Kier alpha value is -0.450. The molecule has 4 heteroatoms. The van der Waals surface area contributed by atoms with E-state index in [0.717, 1.165) is 31.1 Å².